The molecule has 4 atom stereocenters. The van der Waals surface area contributed by atoms with Crippen molar-refractivity contribution in [2.24, 2.45) is 0 Å². The number of unbranched alkanes of at least 4 members (excludes halogenated alkanes) is 35. The van der Waals surface area contributed by atoms with Crippen molar-refractivity contribution in [1.82, 2.24) is 5.32 Å². The van der Waals surface area contributed by atoms with Crippen LogP contribution in [0.1, 0.15) is 284 Å². The van der Waals surface area contributed by atoms with E-state index in [1.165, 1.54) is 199 Å². The van der Waals surface area contributed by atoms with Gasteiger partial charge >= 0.3 is 0 Å². The number of carbonyl (C=O) groups is 1. The van der Waals surface area contributed by atoms with Gasteiger partial charge in [0.25, 0.3) is 0 Å². The maximum Gasteiger partial charge on any atom is 0.249 e. The molecule has 0 heterocycles. The molecule has 0 radical (unpaired) electrons. The fourth-order valence-corrected chi connectivity index (χ4v) is 8.50. The van der Waals surface area contributed by atoms with Crippen LogP contribution in [0.5, 0.6) is 0 Å². The van der Waals surface area contributed by atoms with E-state index in [0.717, 1.165) is 51.4 Å². The number of carbonyl (C=O) groups excluding carboxylic acids is 1. The van der Waals surface area contributed by atoms with Gasteiger partial charge in [-0.2, -0.15) is 0 Å². The van der Waals surface area contributed by atoms with Gasteiger partial charge in [-0.25, -0.2) is 0 Å². The molecule has 1 amide bonds. The van der Waals surface area contributed by atoms with Gasteiger partial charge in [0.05, 0.1) is 18.8 Å². The molecule has 6 heteroatoms. The summed E-state index contributed by atoms with van der Waals surface area (Å²) in [5.74, 6) is -0.595. The summed E-state index contributed by atoms with van der Waals surface area (Å²) in [6.07, 6.45) is 62.1. The first-order valence-electron chi connectivity index (χ1n) is 27.4. The molecule has 4 unspecified atom stereocenters. The average molecular weight is 874 g/mol. The second kappa shape index (κ2) is 50.5. The third-order valence-electron chi connectivity index (χ3n) is 12.8. The van der Waals surface area contributed by atoms with Crippen molar-refractivity contribution in [2.75, 3.05) is 6.61 Å². The molecule has 0 aromatic carbocycles. The molecule has 0 bridgehead atoms. The monoisotopic (exact) mass is 874 g/mol. The number of allylic oxidation sites excluding steroid dienone is 6. The zero-order valence-electron chi connectivity index (χ0n) is 41.4. The second-order valence-corrected chi connectivity index (χ2v) is 18.9. The molecule has 0 aliphatic heterocycles. The third-order valence-corrected chi connectivity index (χ3v) is 12.8. The zero-order valence-corrected chi connectivity index (χ0v) is 41.4. The predicted molar refractivity (Wildman–Crippen MR) is 270 cm³/mol. The van der Waals surface area contributed by atoms with Crippen LogP contribution in [-0.2, 0) is 4.79 Å². The third kappa shape index (κ3) is 43.8. The molecule has 62 heavy (non-hydrogen) atoms. The topological polar surface area (TPSA) is 110 Å². The quantitative estimate of drug-likeness (QED) is 0.0309. The van der Waals surface area contributed by atoms with Gasteiger partial charge in [-0.1, -0.05) is 256 Å². The Morgan fingerprint density at radius 2 is 0.677 bits per heavy atom. The van der Waals surface area contributed by atoms with Crippen LogP contribution >= 0.6 is 0 Å². The molecule has 6 nitrogen and oxygen atoms in total. The molecule has 0 aromatic heterocycles. The van der Waals surface area contributed by atoms with Crippen molar-refractivity contribution in [3.8, 4) is 0 Å². The molecule has 366 valence electrons. The summed E-state index contributed by atoms with van der Waals surface area (Å²) in [4.78, 5) is 12.6. The highest BCUT2D eigenvalue weighted by Crippen LogP contribution is 2.17. The molecule has 0 fully saturated rings. The van der Waals surface area contributed by atoms with E-state index < -0.39 is 36.9 Å². The van der Waals surface area contributed by atoms with Gasteiger partial charge in [0, 0.05) is 0 Å². The molecular weight excluding hydrogens is 767 g/mol. The number of aliphatic hydroxyl groups is 4. The van der Waals surface area contributed by atoms with Gasteiger partial charge in [0.15, 0.2) is 0 Å². The standard InChI is InChI=1S/C56H107NO5/c1-3-5-7-9-11-13-15-17-19-21-23-24-25-26-27-28-29-30-31-32-34-36-38-40-42-44-46-48-50-54(60)56(62)57-52(51-58)55(61)53(59)49-47-45-43-41-39-37-35-33-22-20-18-16-14-12-10-8-6-4-2/h16,18,33,35,41,43,52-55,58-61H,3-15,17,19-32,34,36-40,42,44-51H2,1-2H3,(H,57,62)/b18-16+,35-33+,43-41+. The Kier molecular flexibility index (Phi) is 49.3. The zero-order chi connectivity index (χ0) is 45.2. The van der Waals surface area contributed by atoms with Crippen LogP contribution in [0, 0.1) is 0 Å². The lowest BCUT2D eigenvalue weighted by atomic mass is 10.00. The van der Waals surface area contributed by atoms with Crippen LogP contribution < -0.4 is 5.32 Å². The van der Waals surface area contributed by atoms with Crippen molar-refractivity contribution < 1.29 is 25.2 Å². The summed E-state index contributed by atoms with van der Waals surface area (Å²) in [5, 5.41) is 43.9. The molecule has 0 rings (SSSR count). The van der Waals surface area contributed by atoms with Gasteiger partial charge in [-0.15, -0.1) is 0 Å². The van der Waals surface area contributed by atoms with Gasteiger partial charge in [-0.3, -0.25) is 4.79 Å². The maximum atomic E-state index is 12.6. The highest BCUT2D eigenvalue weighted by Gasteiger charge is 2.28. The Balaban J connectivity index is 3.65. The summed E-state index contributed by atoms with van der Waals surface area (Å²) in [6.45, 7) is 4.05. The lowest BCUT2D eigenvalue weighted by Gasteiger charge is -2.27. The lowest BCUT2D eigenvalue weighted by Crippen LogP contribution is -2.53. The second-order valence-electron chi connectivity index (χ2n) is 18.9. The fourth-order valence-electron chi connectivity index (χ4n) is 8.50. The highest BCUT2D eigenvalue weighted by molar-refractivity contribution is 5.80. The van der Waals surface area contributed by atoms with Crippen molar-refractivity contribution >= 4 is 5.91 Å². The van der Waals surface area contributed by atoms with Crippen molar-refractivity contribution in [3.63, 3.8) is 0 Å². The molecule has 0 aliphatic rings. The molecule has 0 saturated carbocycles. The largest absolute Gasteiger partial charge is 0.394 e. The minimum Gasteiger partial charge on any atom is -0.394 e. The van der Waals surface area contributed by atoms with Crippen LogP contribution in [0.3, 0.4) is 0 Å². The Bertz CT molecular complexity index is 981. The van der Waals surface area contributed by atoms with E-state index >= 15 is 0 Å². The predicted octanol–water partition coefficient (Wildman–Crippen LogP) is 15.6. The van der Waals surface area contributed by atoms with Crippen LogP contribution in [0.2, 0.25) is 0 Å². The first-order chi connectivity index (χ1) is 30.5. The van der Waals surface area contributed by atoms with Crippen molar-refractivity contribution in [3.05, 3.63) is 36.5 Å². The Hall–Kier alpha value is -1.47. The van der Waals surface area contributed by atoms with Crippen LogP contribution in [-0.4, -0.2) is 57.3 Å². The van der Waals surface area contributed by atoms with Crippen LogP contribution in [0.25, 0.3) is 0 Å². The van der Waals surface area contributed by atoms with E-state index in [4.69, 9.17) is 0 Å². The van der Waals surface area contributed by atoms with E-state index in [2.05, 4.69) is 55.6 Å². The van der Waals surface area contributed by atoms with Crippen molar-refractivity contribution in [2.45, 2.75) is 308 Å². The fraction of sp³-hybridized carbons (Fsp3) is 0.875. The Morgan fingerprint density at radius 3 is 1.02 bits per heavy atom. The first kappa shape index (κ1) is 60.5. The number of aliphatic hydroxyl groups excluding tert-OH is 4. The summed E-state index contributed by atoms with van der Waals surface area (Å²) < 4.78 is 0. The number of hydrogen-bond acceptors (Lipinski definition) is 5. The van der Waals surface area contributed by atoms with E-state index in [0.29, 0.717) is 19.3 Å². The van der Waals surface area contributed by atoms with Crippen molar-refractivity contribution in [1.29, 1.82) is 0 Å². The molecule has 5 N–H and O–H groups in total. The SMILES string of the molecule is CCCCCCC/C=C/CC/C=C/CC/C=C/CCCC(O)C(O)C(CO)NC(=O)C(O)CCCCCCCCCCCCCCCCCCCCCCCCCCCCCC. The number of hydrogen-bond donors (Lipinski definition) is 5. The van der Waals surface area contributed by atoms with Crippen LogP contribution in [0.15, 0.2) is 36.5 Å². The Labute approximate surface area is 386 Å². The number of rotatable bonds is 50. The molecule has 0 aromatic rings. The van der Waals surface area contributed by atoms with E-state index in [1.807, 2.05) is 0 Å². The number of amides is 1. The van der Waals surface area contributed by atoms with Gasteiger partial charge < -0.3 is 25.7 Å². The average Bonchev–Trinajstić information content (AvgIpc) is 3.28. The molecule has 0 aliphatic carbocycles. The lowest BCUT2D eigenvalue weighted by molar-refractivity contribution is -0.132. The maximum absolute atomic E-state index is 12.6. The van der Waals surface area contributed by atoms with E-state index in [-0.39, 0.29) is 0 Å². The molecule has 0 spiro atoms. The van der Waals surface area contributed by atoms with Gasteiger partial charge in [0.1, 0.15) is 12.2 Å². The number of nitrogens with one attached hydrogen (secondary N) is 1. The van der Waals surface area contributed by atoms with E-state index in [9.17, 15) is 25.2 Å². The summed E-state index contributed by atoms with van der Waals surface area (Å²) >= 11 is 0. The van der Waals surface area contributed by atoms with E-state index in [1.54, 1.807) is 0 Å². The normalized spacial score (nSPS) is 14.1. The summed E-state index contributed by atoms with van der Waals surface area (Å²) in [7, 11) is 0. The first-order valence-corrected chi connectivity index (χ1v) is 27.4. The highest BCUT2D eigenvalue weighted by atomic mass is 16.3. The minimum absolute atomic E-state index is 0.362. The molecular formula is C56H107NO5. The molecule has 0 saturated heterocycles. The summed E-state index contributed by atoms with van der Waals surface area (Å²) in [5.41, 5.74) is 0. The van der Waals surface area contributed by atoms with Gasteiger partial charge in [-0.05, 0) is 64.2 Å². The minimum atomic E-state index is -1.29. The smallest absolute Gasteiger partial charge is 0.249 e. The summed E-state index contributed by atoms with van der Waals surface area (Å²) in [6, 6.07) is -1.01. The van der Waals surface area contributed by atoms with Crippen LogP contribution in [0.4, 0.5) is 0 Å². The van der Waals surface area contributed by atoms with Gasteiger partial charge in [0.2, 0.25) is 5.91 Å². The Morgan fingerprint density at radius 1 is 0.387 bits per heavy atom.